The Morgan fingerprint density at radius 2 is 1.91 bits per heavy atom. The molecule has 0 spiro atoms. The minimum Gasteiger partial charge on any atom is -0.508 e. The monoisotopic (exact) mass is 485 g/mol. The molecule has 2 amide bonds. The van der Waals surface area contributed by atoms with Crippen molar-refractivity contribution in [3.05, 3.63) is 53.1 Å². The summed E-state index contributed by atoms with van der Waals surface area (Å²) in [6.45, 7) is 1.91. The van der Waals surface area contributed by atoms with E-state index in [4.69, 9.17) is 16.3 Å². The number of aromatic hydroxyl groups is 1. The van der Waals surface area contributed by atoms with Crippen molar-refractivity contribution in [2.24, 2.45) is 23.7 Å². The molecule has 2 aromatic carbocycles. The number of benzene rings is 2. The number of phenolic OH excluding ortho intramolecular Hbond substituents is 1. The molecule has 2 heterocycles. The second kappa shape index (κ2) is 8.36. The maximum Gasteiger partial charge on any atom is 0.488 e. The Hall–Kier alpha value is -2.43. The number of nitrogens with zero attached hydrogens (tertiary/aromatic N) is 1. The maximum absolute atomic E-state index is 13.6. The maximum atomic E-state index is 13.6. The van der Waals surface area contributed by atoms with Crippen LogP contribution in [0.3, 0.4) is 0 Å². The highest BCUT2D eigenvalue weighted by atomic mass is 35.5. The molecule has 10 heteroatoms. The van der Waals surface area contributed by atoms with E-state index in [1.807, 2.05) is 6.92 Å². The average Bonchev–Trinajstić information content (AvgIpc) is 3.26. The molecular formula is C24H25BClNO7. The van der Waals surface area contributed by atoms with Gasteiger partial charge in [0.1, 0.15) is 5.75 Å². The quantitative estimate of drug-likeness (QED) is 0.383. The van der Waals surface area contributed by atoms with E-state index in [1.54, 1.807) is 18.2 Å². The molecule has 3 aliphatic rings. The van der Waals surface area contributed by atoms with E-state index in [2.05, 4.69) is 0 Å². The summed E-state index contributed by atoms with van der Waals surface area (Å²) in [6, 6.07) is 10.6. The van der Waals surface area contributed by atoms with Gasteiger partial charge in [0.05, 0.1) is 28.6 Å². The van der Waals surface area contributed by atoms with Gasteiger partial charge >= 0.3 is 7.12 Å². The number of amides is 2. The molecule has 5 rings (SSSR count). The summed E-state index contributed by atoms with van der Waals surface area (Å²) in [5.41, 5.74) is 1.04. The molecule has 8 nitrogen and oxygen atoms in total. The van der Waals surface area contributed by atoms with Crippen molar-refractivity contribution in [2.75, 3.05) is 4.90 Å². The van der Waals surface area contributed by atoms with Crippen LogP contribution in [-0.4, -0.2) is 45.0 Å². The Bertz CT molecular complexity index is 1160. The number of anilines is 1. The van der Waals surface area contributed by atoms with Gasteiger partial charge in [-0.25, -0.2) is 0 Å². The van der Waals surface area contributed by atoms with E-state index < -0.39 is 42.7 Å². The molecule has 0 radical (unpaired) electrons. The fraction of sp³-hybridized carbons (Fsp3) is 0.417. The topological polar surface area (TPSA) is 128 Å². The molecule has 2 aliphatic heterocycles. The lowest BCUT2D eigenvalue weighted by Gasteiger charge is -2.44. The molecule has 1 aliphatic carbocycles. The van der Waals surface area contributed by atoms with Crippen molar-refractivity contribution in [1.82, 2.24) is 0 Å². The van der Waals surface area contributed by atoms with E-state index in [1.165, 1.54) is 24.3 Å². The van der Waals surface area contributed by atoms with Crippen LogP contribution in [0.4, 0.5) is 5.69 Å². The van der Waals surface area contributed by atoms with E-state index in [0.29, 0.717) is 29.8 Å². The van der Waals surface area contributed by atoms with Gasteiger partial charge in [-0.1, -0.05) is 36.7 Å². The summed E-state index contributed by atoms with van der Waals surface area (Å²) in [4.78, 5) is 28.2. The van der Waals surface area contributed by atoms with Crippen LogP contribution in [0, 0.1) is 23.7 Å². The van der Waals surface area contributed by atoms with Crippen molar-refractivity contribution in [3.63, 3.8) is 0 Å². The molecule has 2 aromatic rings. The molecule has 2 saturated heterocycles. The summed E-state index contributed by atoms with van der Waals surface area (Å²) >= 11 is 6.34. The van der Waals surface area contributed by atoms with Crippen LogP contribution < -0.4 is 10.4 Å². The first kappa shape index (κ1) is 23.3. The summed E-state index contributed by atoms with van der Waals surface area (Å²) < 4.78 is 6.19. The lowest BCUT2D eigenvalue weighted by molar-refractivity contribution is -0.269. The zero-order chi connectivity index (χ0) is 24.4. The van der Waals surface area contributed by atoms with E-state index in [-0.39, 0.29) is 28.7 Å². The van der Waals surface area contributed by atoms with Crippen LogP contribution in [0.25, 0.3) is 0 Å². The highest BCUT2D eigenvalue weighted by Crippen LogP contribution is 2.59. The number of halogens is 1. The van der Waals surface area contributed by atoms with Crippen LogP contribution in [0.2, 0.25) is 5.02 Å². The van der Waals surface area contributed by atoms with Crippen LogP contribution in [0.5, 0.6) is 5.75 Å². The molecule has 4 N–H and O–H groups in total. The molecule has 0 bridgehead atoms. The van der Waals surface area contributed by atoms with Gasteiger partial charge in [-0.15, -0.1) is 0 Å². The third kappa shape index (κ3) is 3.46. The smallest absolute Gasteiger partial charge is 0.488 e. The molecule has 1 saturated carbocycles. The molecule has 6 atom stereocenters. The Morgan fingerprint density at radius 3 is 2.59 bits per heavy atom. The number of hydrogen-bond donors (Lipinski definition) is 4. The zero-order valence-electron chi connectivity index (χ0n) is 18.5. The van der Waals surface area contributed by atoms with Crippen molar-refractivity contribution in [1.29, 1.82) is 0 Å². The number of carbonyl (C=O) groups excluding carboxylic acids is 2. The molecule has 0 unspecified atom stereocenters. The average molecular weight is 486 g/mol. The third-order valence-electron chi connectivity index (χ3n) is 7.61. The fourth-order valence-corrected chi connectivity index (χ4v) is 6.29. The van der Waals surface area contributed by atoms with Crippen LogP contribution in [0.15, 0.2) is 42.5 Å². The minimum atomic E-state index is -1.73. The highest BCUT2D eigenvalue weighted by Gasteiger charge is 2.66. The number of rotatable bonds is 4. The van der Waals surface area contributed by atoms with Crippen molar-refractivity contribution in [3.8, 4) is 5.75 Å². The van der Waals surface area contributed by atoms with Gasteiger partial charge in [-0.3, -0.25) is 14.5 Å². The zero-order valence-corrected chi connectivity index (χ0v) is 19.2. The largest absolute Gasteiger partial charge is 0.508 e. The van der Waals surface area contributed by atoms with Gasteiger partial charge in [0.25, 0.3) is 0 Å². The van der Waals surface area contributed by atoms with Crippen LogP contribution in [0.1, 0.15) is 37.9 Å². The van der Waals surface area contributed by atoms with Gasteiger partial charge < -0.3 is 25.0 Å². The summed E-state index contributed by atoms with van der Waals surface area (Å²) in [5, 5.41) is 40.8. The number of ether oxygens (including phenoxy) is 1. The molecule has 34 heavy (non-hydrogen) atoms. The Morgan fingerprint density at radius 1 is 1.15 bits per heavy atom. The number of aliphatic hydroxyl groups is 1. The van der Waals surface area contributed by atoms with Crippen molar-refractivity contribution >= 4 is 41.7 Å². The van der Waals surface area contributed by atoms with Crippen LogP contribution >= 0.6 is 11.6 Å². The Labute approximate surface area is 201 Å². The van der Waals surface area contributed by atoms with E-state index in [0.717, 1.165) is 4.90 Å². The number of carbonyl (C=O) groups is 2. The van der Waals surface area contributed by atoms with E-state index in [9.17, 15) is 29.9 Å². The summed E-state index contributed by atoms with van der Waals surface area (Å²) in [5.74, 6) is -4.74. The SMILES string of the molecule is CC[C@H]1C[C@@H]2C(=O)N(c3cccc(B(O)O)c3)C(=O)[C@@H]2[C@@H]2C[C@@H](c3ccc(O)cc3Cl)O[C@]12O. The van der Waals surface area contributed by atoms with Gasteiger partial charge in [0.2, 0.25) is 11.8 Å². The van der Waals surface area contributed by atoms with Gasteiger partial charge in [-0.2, -0.15) is 0 Å². The standard InChI is InChI=1S/C24H25BClNO7/c1-2-12-8-17-21(23(30)27(22(17)29)14-5-3-4-13(9-14)25(32)33)18-11-20(34-24(12,18)31)16-7-6-15(28)10-19(16)26/h3-7,9-10,12,17-18,20-21,28,31-33H,2,8,11H2,1H3/t12-,17-,18-,20-,21-,24+/m0/s1. The first-order valence-corrected chi connectivity index (χ1v) is 11.8. The lowest BCUT2D eigenvalue weighted by atomic mass is 9.64. The third-order valence-corrected chi connectivity index (χ3v) is 7.94. The predicted molar refractivity (Wildman–Crippen MR) is 124 cm³/mol. The number of imide groups is 1. The number of hydrogen-bond acceptors (Lipinski definition) is 7. The first-order chi connectivity index (χ1) is 16.2. The lowest BCUT2D eigenvalue weighted by Crippen LogP contribution is -2.53. The van der Waals surface area contributed by atoms with Crippen molar-refractivity contribution in [2.45, 2.75) is 38.1 Å². The molecule has 0 aromatic heterocycles. The highest BCUT2D eigenvalue weighted by molar-refractivity contribution is 6.58. The molecule has 178 valence electrons. The second-order valence-corrected chi connectivity index (χ2v) is 9.77. The van der Waals surface area contributed by atoms with Crippen LogP contribution in [-0.2, 0) is 14.3 Å². The predicted octanol–water partition coefficient (Wildman–Crippen LogP) is 1.73. The fourth-order valence-electron chi connectivity index (χ4n) is 6.00. The number of fused-ring (bicyclic) bond motifs is 3. The van der Waals surface area contributed by atoms with Gasteiger partial charge in [-0.05, 0) is 54.6 Å². The normalized spacial score (nSPS) is 32.6. The summed E-state index contributed by atoms with van der Waals surface area (Å²) in [6.07, 6.45) is 0.551. The summed E-state index contributed by atoms with van der Waals surface area (Å²) in [7, 11) is -1.73. The Kier molecular flexibility index (Phi) is 5.73. The van der Waals surface area contributed by atoms with Gasteiger partial charge in [0.15, 0.2) is 5.79 Å². The van der Waals surface area contributed by atoms with E-state index >= 15 is 0 Å². The molecular weight excluding hydrogens is 461 g/mol. The second-order valence-electron chi connectivity index (χ2n) is 9.36. The molecule has 3 fully saturated rings. The van der Waals surface area contributed by atoms with Gasteiger partial charge in [0, 0.05) is 11.8 Å². The van der Waals surface area contributed by atoms with Crippen molar-refractivity contribution < 1.29 is 34.6 Å². The Balaban J connectivity index is 1.52. The first-order valence-electron chi connectivity index (χ1n) is 11.4. The number of phenols is 1. The minimum absolute atomic E-state index is 0.0109.